The van der Waals surface area contributed by atoms with Gasteiger partial charge in [-0.05, 0) is 68.5 Å². The molecule has 2 aromatic carbocycles. The molecule has 1 aromatic heterocycles. The molecule has 2 amide bonds. The van der Waals surface area contributed by atoms with E-state index in [0.717, 1.165) is 48.1 Å². The van der Waals surface area contributed by atoms with Crippen LogP contribution >= 0.6 is 0 Å². The van der Waals surface area contributed by atoms with Crippen molar-refractivity contribution in [1.29, 1.82) is 0 Å². The molecule has 0 bridgehead atoms. The van der Waals surface area contributed by atoms with Crippen LogP contribution in [0, 0.1) is 6.92 Å². The van der Waals surface area contributed by atoms with E-state index in [1.165, 1.54) is 6.26 Å². The lowest BCUT2D eigenvalue weighted by molar-refractivity contribution is -0.126. The van der Waals surface area contributed by atoms with Gasteiger partial charge in [-0.1, -0.05) is 54.8 Å². The van der Waals surface area contributed by atoms with E-state index in [-0.39, 0.29) is 23.6 Å². The van der Waals surface area contributed by atoms with Gasteiger partial charge in [-0.2, -0.15) is 0 Å². The van der Waals surface area contributed by atoms with E-state index in [2.05, 4.69) is 11.4 Å². The van der Waals surface area contributed by atoms with E-state index in [1.54, 1.807) is 17.0 Å². The number of amides is 2. The molecule has 0 radical (unpaired) electrons. The maximum Gasteiger partial charge on any atom is 0.290 e. The number of furan rings is 1. The van der Waals surface area contributed by atoms with Gasteiger partial charge in [0.2, 0.25) is 5.91 Å². The average molecular weight is 475 g/mol. The zero-order valence-electron chi connectivity index (χ0n) is 20.5. The number of nitrogens with zero attached hydrogens (tertiary/aromatic N) is 1. The van der Waals surface area contributed by atoms with Gasteiger partial charge < -0.3 is 19.4 Å². The van der Waals surface area contributed by atoms with Crippen LogP contribution in [-0.4, -0.2) is 35.9 Å². The summed E-state index contributed by atoms with van der Waals surface area (Å²) in [5.74, 6) is 0.488. The molecule has 1 unspecified atom stereocenters. The zero-order chi connectivity index (χ0) is 24.6. The summed E-state index contributed by atoms with van der Waals surface area (Å²) in [4.78, 5) is 29.0. The lowest BCUT2D eigenvalue weighted by atomic mass is 10.0. The molecule has 6 heteroatoms. The number of hydrogen-bond donors (Lipinski definition) is 1. The molecular weight excluding hydrogens is 440 g/mol. The van der Waals surface area contributed by atoms with Crippen molar-refractivity contribution in [2.24, 2.45) is 0 Å². The number of nitrogens with one attached hydrogen (secondary N) is 1. The predicted molar refractivity (Wildman–Crippen MR) is 135 cm³/mol. The Hall–Kier alpha value is -3.54. The van der Waals surface area contributed by atoms with Crippen LogP contribution in [0.1, 0.15) is 65.9 Å². The first-order valence-corrected chi connectivity index (χ1v) is 12.5. The Kier molecular flexibility index (Phi) is 8.24. The number of ether oxygens (including phenoxy) is 1. The Balaban J connectivity index is 1.67. The van der Waals surface area contributed by atoms with Crippen LogP contribution in [0.2, 0.25) is 0 Å². The Bertz CT molecular complexity index is 1100. The van der Waals surface area contributed by atoms with E-state index < -0.39 is 6.04 Å². The van der Waals surface area contributed by atoms with Crippen LogP contribution in [-0.2, 0) is 11.2 Å². The molecule has 4 rings (SSSR count). The highest BCUT2D eigenvalue weighted by Gasteiger charge is 2.34. The Morgan fingerprint density at radius 2 is 1.86 bits per heavy atom. The second-order valence-corrected chi connectivity index (χ2v) is 9.11. The van der Waals surface area contributed by atoms with Crippen molar-refractivity contribution in [3.05, 3.63) is 89.4 Å². The van der Waals surface area contributed by atoms with Gasteiger partial charge in [-0.25, -0.2) is 0 Å². The predicted octanol–water partition coefficient (Wildman–Crippen LogP) is 5.47. The molecule has 3 aromatic rings. The minimum atomic E-state index is -0.784. The third-order valence-electron chi connectivity index (χ3n) is 6.49. The normalized spacial score (nSPS) is 14.5. The van der Waals surface area contributed by atoms with Crippen LogP contribution in [0.5, 0.6) is 5.75 Å². The van der Waals surface area contributed by atoms with Crippen LogP contribution in [0.4, 0.5) is 0 Å². The second kappa shape index (κ2) is 11.7. The minimum Gasteiger partial charge on any atom is -0.494 e. The summed E-state index contributed by atoms with van der Waals surface area (Å²) in [6, 6.07) is 18.4. The van der Waals surface area contributed by atoms with Crippen molar-refractivity contribution in [2.75, 3.05) is 13.2 Å². The van der Waals surface area contributed by atoms with Crippen LogP contribution in [0.3, 0.4) is 0 Å². The molecule has 0 saturated heterocycles. The van der Waals surface area contributed by atoms with Gasteiger partial charge in [0, 0.05) is 12.6 Å². The van der Waals surface area contributed by atoms with E-state index in [0.29, 0.717) is 19.6 Å². The van der Waals surface area contributed by atoms with Crippen LogP contribution < -0.4 is 10.1 Å². The summed E-state index contributed by atoms with van der Waals surface area (Å²) < 4.78 is 11.1. The Morgan fingerprint density at radius 1 is 1.09 bits per heavy atom. The lowest BCUT2D eigenvalue weighted by Gasteiger charge is -2.32. The first kappa shape index (κ1) is 24.6. The summed E-state index contributed by atoms with van der Waals surface area (Å²) in [7, 11) is 0. The molecule has 1 aliphatic rings. The molecular formula is C29H34N2O4. The summed E-state index contributed by atoms with van der Waals surface area (Å²) in [5.41, 5.74) is 3.02. The van der Waals surface area contributed by atoms with E-state index in [9.17, 15) is 9.59 Å². The van der Waals surface area contributed by atoms with Gasteiger partial charge in [0.15, 0.2) is 5.76 Å². The van der Waals surface area contributed by atoms with Crippen molar-refractivity contribution in [3.63, 3.8) is 0 Å². The smallest absolute Gasteiger partial charge is 0.290 e. The molecule has 1 N–H and O–H groups in total. The van der Waals surface area contributed by atoms with Gasteiger partial charge in [0.1, 0.15) is 11.8 Å². The number of rotatable bonds is 10. The zero-order valence-corrected chi connectivity index (χ0v) is 20.5. The summed E-state index contributed by atoms with van der Waals surface area (Å²) in [6.07, 6.45) is 6.27. The summed E-state index contributed by atoms with van der Waals surface area (Å²) in [5, 5.41) is 3.21. The summed E-state index contributed by atoms with van der Waals surface area (Å²) >= 11 is 0. The second-order valence-electron chi connectivity index (χ2n) is 9.11. The molecule has 1 saturated carbocycles. The molecule has 1 fully saturated rings. The number of carbonyl (C=O) groups excluding carboxylic acids is 2. The minimum absolute atomic E-state index is 0.144. The standard InChI is InChI=1S/C29H34N2O4/c1-3-34-25-15-13-23(14-16-25)27(28(32)30-24-10-4-5-11-24)31(29(33)26-12-7-19-35-26)18-17-22-9-6-8-21(2)20-22/h6-9,12-16,19-20,24,27H,3-5,10-11,17-18H2,1-2H3,(H,30,32). The first-order chi connectivity index (χ1) is 17.0. The monoisotopic (exact) mass is 474 g/mol. The fourth-order valence-electron chi connectivity index (χ4n) is 4.74. The molecule has 6 nitrogen and oxygen atoms in total. The average Bonchev–Trinajstić information content (AvgIpc) is 3.57. The van der Waals surface area contributed by atoms with Crippen molar-refractivity contribution in [1.82, 2.24) is 10.2 Å². The molecule has 35 heavy (non-hydrogen) atoms. The van der Waals surface area contributed by atoms with Crippen molar-refractivity contribution >= 4 is 11.8 Å². The maximum absolute atomic E-state index is 13.7. The SMILES string of the molecule is CCOc1ccc(C(C(=O)NC2CCCC2)N(CCc2cccc(C)c2)C(=O)c2ccco2)cc1. The van der Waals surface area contributed by atoms with Crippen LogP contribution in [0.15, 0.2) is 71.3 Å². The lowest BCUT2D eigenvalue weighted by Crippen LogP contribution is -2.46. The fraction of sp³-hybridized carbons (Fsp3) is 0.379. The Labute approximate surface area is 207 Å². The molecule has 0 aliphatic heterocycles. The van der Waals surface area contributed by atoms with Crippen molar-refractivity contribution < 1.29 is 18.7 Å². The number of benzene rings is 2. The van der Waals surface area contributed by atoms with E-state index in [4.69, 9.17) is 9.15 Å². The molecule has 0 spiro atoms. The fourth-order valence-corrected chi connectivity index (χ4v) is 4.74. The highest BCUT2D eigenvalue weighted by molar-refractivity contribution is 5.96. The molecule has 1 aliphatic carbocycles. The first-order valence-electron chi connectivity index (χ1n) is 12.5. The quantitative estimate of drug-likeness (QED) is 0.423. The Morgan fingerprint density at radius 3 is 2.51 bits per heavy atom. The number of aryl methyl sites for hydroxylation is 1. The van der Waals surface area contributed by atoms with Gasteiger partial charge >= 0.3 is 0 Å². The maximum atomic E-state index is 13.7. The third-order valence-corrected chi connectivity index (χ3v) is 6.49. The molecule has 1 heterocycles. The highest BCUT2D eigenvalue weighted by atomic mass is 16.5. The van der Waals surface area contributed by atoms with Gasteiger partial charge in [-0.15, -0.1) is 0 Å². The van der Waals surface area contributed by atoms with Gasteiger partial charge in [0.05, 0.1) is 12.9 Å². The van der Waals surface area contributed by atoms with Crippen molar-refractivity contribution in [3.8, 4) is 5.75 Å². The largest absolute Gasteiger partial charge is 0.494 e. The van der Waals surface area contributed by atoms with Gasteiger partial charge in [-0.3, -0.25) is 9.59 Å². The van der Waals surface area contributed by atoms with Crippen LogP contribution in [0.25, 0.3) is 0 Å². The highest BCUT2D eigenvalue weighted by Crippen LogP contribution is 2.28. The molecule has 1 atom stereocenters. The molecule has 184 valence electrons. The third kappa shape index (κ3) is 6.32. The number of carbonyl (C=O) groups is 2. The van der Waals surface area contributed by atoms with E-state index >= 15 is 0 Å². The van der Waals surface area contributed by atoms with Crippen molar-refractivity contribution in [2.45, 2.75) is 58.0 Å². The van der Waals surface area contributed by atoms with Gasteiger partial charge in [0.25, 0.3) is 5.91 Å². The number of hydrogen-bond acceptors (Lipinski definition) is 4. The topological polar surface area (TPSA) is 71.8 Å². The van der Waals surface area contributed by atoms with E-state index in [1.807, 2.05) is 56.3 Å². The summed E-state index contributed by atoms with van der Waals surface area (Å²) in [6.45, 7) is 4.91.